The van der Waals surface area contributed by atoms with Gasteiger partial charge in [0.25, 0.3) is 0 Å². The van der Waals surface area contributed by atoms with Crippen molar-refractivity contribution < 1.29 is 14.3 Å². The molecule has 28 heavy (non-hydrogen) atoms. The van der Waals surface area contributed by atoms with Gasteiger partial charge < -0.3 is 4.74 Å². The molecule has 0 amide bonds. The molecule has 3 heteroatoms. The van der Waals surface area contributed by atoms with Gasteiger partial charge in [-0.3, -0.25) is 4.79 Å². The van der Waals surface area contributed by atoms with E-state index < -0.39 is 5.97 Å². The molecule has 0 unspecified atom stereocenters. The highest BCUT2D eigenvalue weighted by molar-refractivity contribution is 6.17. The summed E-state index contributed by atoms with van der Waals surface area (Å²) in [4.78, 5) is 24.1. The average molecular weight is 368 g/mol. The summed E-state index contributed by atoms with van der Waals surface area (Å²) in [6.07, 6.45) is 2.43. The molecule has 0 aliphatic heterocycles. The van der Waals surface area contributed by atoms with Crippen LogP contribution in [0.1, 0.15) is 16.7 Å². The molecule has 0 spiro atoms. The molecule has 0 saturated heterocycles. The first-order valence-electron chi connectivity index (χ1n) is 8.90. The summed E-state index contributed by atoms with van der Waals surface area (Å²) >= 11 is 0. The van der Waals surface area contributed by atoms with Gasteiger partial charge in [0.1, 0.15) is 5.57 Å². The van der Waals surface area contributed by atoms with Crippen LogP contribution in [0.15, 0.2) is 103 Å². The van der Waals surface area contributed by atoms with Crippen molar-refractivity contribution in [3.63, 3.8) is 0 Å². The molecule has 0 fully saturated rings. The number of esters is 1. The molecule has 0 bridgehead atoms. The first kappa shape index (κ1) is 19.1. The van der Waals surface area contributed by atoms with E-state index >= 15 is 0 Å². The molecule has 0 N–H and O–H groups in total. The fourth-order valence-electron chi connectivity index (χ4n) is 2.98. The Kier molecular flexibility index (Phi) is 6.32. The number of methoxy groups -OCH3 is 1. The molecule has 3 rings (SSSR count). The number of aldehydes is 1. The van der Waals surface area contributed by atoms with Crippen LogP contribution >= 0.6 is 0 Å². The van der Waals surface area contributed by atoms with Crippen molar-refractivity contribution in [2.75, 3.05) is 7.11 Å². The Morgan fingerprint density at radius 3 is 1.54 bits per heavy atom. The van der Waals surface area contributed by atoms with Gasteiger partial charge in [0.05, 0.1) is 7.11 Å². The summed E-state index contributed by atoms with van der Waals surface area (Å²) in [5.74, 6) is -0.662. The Labute approximate surface area is 164 Å². The monoisotopic (exact) mass is 368 g/mol. The smallest absolute Gasteiger partial charge is 0.341 e. The van der Waals surface area contributed by atoms with Crippen molar-refractivity contribution in [3.05, 3.63) is 119 Å². The van der Waals surface area contributed by atoms with Gasteiger partial charge in [-0.1, -0.05) is 91.0 Å². The number of hydrogen-bond donors (Lipinski definition) is 0. The normalized spacial score (nSPS) is 11.2. The van der Waals surface area contributed by atoms with E-state index in [0.29, 0.717) is 11.9 Å². The Balaban J connectivity index is 2.30. The fourth-order valence-corrected chi connectivity index (χ4v) is 2.98. The summed E-state index contributed by atoms with van der Waals surface area (Å²) < 4.78 is 4.84. The zero-order chi connectivity index (χ0) is 19.8. The number of rotatable bonds is 6. The van der Waals surface area contributed by atoms with E-state index in [-0.39, 0.29) is 5.57 Å². The number of ether oxygens (including phenoxy) is 1. The summed E-state index contributed by atoms with van der Waals surface area (Å²) in [5, 5.41) is 0. The second-order valence-corrected chi connectivity index (χ2v) is 6.09. The second-order valence-electron chi connectivity index (χ2n) is 6.09. The lowest BCUT2D eigenvalue weighted by atomic mass is 9.91. The largest absolute Gasteiger partial charge is 0.465 e. The summed E-state index contributed by atoms with van der Waals surface area (Å²) in [6.45, 7) is 0. The topological polar surface area (TPSA) is 43.4 Å². The molecule has 0 radical (unpaired) electrons. The number of benzene rings is 3. The van der Waals surface area contributed by atoms with E-state index in [9.17, 15) is 9.59 Å². The highest BCUT2D eigenvalue weighted by Crippen LogP contribution is 2.30. The predicted molar refractivity (Wildman–Crippen MR) is 111 cm³/mol. The number of allylic oxidation sites excluding steroid dienone is 2. The molecule has 0 heterocycles. The number of carbonyl (C=O) groups is 2. The fraction of sp³-hybridized carbons (Fsp3) is 0.0400. The SMILES string of the molecule is COC(=O)/C(C=O)=C(/C=C(c1ccccc1)c1ccccc1)c1ccccc1. The highest BCUT2D eigenvalue weighted by atomic mass is 16.5. The zero-order valence-electron chi connectivity index (χ0n) is 15.5. The van der Waals surface area contributed by atoms with Gasteiger partial charge >= 0.3 is 5.97 Å². The molecule has 138 valence electrons. The second kappa shape index (κ2) is 9.28. The van der Waals surface area contributed by atoms with Crippen LogP contribution < -0.4 is 0 Å². The van der Waals surface area contributed by atoms with Gasteiger partial charge in [-0.05, 0) is 28.3 Å². The maximum absolute atomic E-state index is 12.3. The van der Waals surface area contributed by atoms with E-state index in [0.717, 1.165) is 22.3 Å². The molecule has 3 aromatic carbocycles. The predicted octanol–water partition coefficient (Wildman–Crippen LogP) is 4.94. The van der Waals surface area contributed by atoms with E-state index in [1.54, 1.807) is 0 Å². The van der Waals surface area contributed by atoms with Gasteiger partial charge in [0, 0.05) is 5.57 Å². The maximum Gasteiger partial charge on any atom is 0.341 e. The van der Waals surface area contributed by atoms with Crippen LogP contribution in [0.3, 0.4) is 0 Å². The third-order valence-electron chi connectivity index (χ3n) is 4.36. The summed E-state index contributed by atoms with van der Waals surface area (Å²) in [7, 11) is 1.27. The quantitative estimate of drug-likeness (QED) is 0.154. The summed E-state index contributed by atoms with van der Waals surface area (Å²) in [6, 6.07) is 29.1. The third kappa shape index (κ3) is 4.33. The molecule has 0 aliphatic rings. The van der Waals surface area contributed by atoms with Crippen molar-refractivity contribution in [2.45, 2.75) is 0 Å². The zero-order valence-corrected chi connectivity index (χ0v) is 15.5. The van der Waals surface area contributed by atoms with E-state index in [1.807, 2.05) is 97.1 Å². The van der Waals surface area contributed by atoms with Gasteiger partial charge in [0.15, 0.2) is 6.29 Å². The lowest BCUT2D eigenvalue weighted by molar-refractivity contribution is -0.136. The minimum atomic E-state index is -0.662. The first-order chi connectivity index (χ1) is 13.7. The lowest BCUT2D eigenvalue weighted by Crippen LogP contribution is -2.08. The Morgan fingerprint density at radius 2 is 1.14 bits per heavy atom. The van der Waals surface area contributed by atoms with Crippen LogP contribution in [0.5, 0.6) is 0 Å². The number of hydrogen-bond acceptors (Lipinski definition) is 3. The van der Waals surface area contributed by atoms with Crippen molar-refractivity contribution in [2.24, 2.45) is 0 Å². The van der Waals surface area contributed by atoms with Gasteiger partial charge in [0.2, 0.25) is 0 Å². The van der Waals surface area contributed by atoms with Crippen LogP contribution in [0.25, 0.3) is 11.1 Å². The minimum absolute atomic E-state index is 0.0157. The standard InChI is InChI=1S/C25H20O3/c1-28-25(27)24(18-26)23(21-15-9-4-10-16-21)17-22(19-11-5-2-6-12-19)20-13-7-3-8-14-20/h2-18H,1H3/b24-23-. The molecule has 3 aromatic rings. The lowest BCUT2D eigenvalue weighted by Gasteiger charge is -2.13. The van der Waals surface area contributed by atoms with E-state index in [4.69, 9.17) is 4.74 Å². The first-order valence-corrected chi connectivity index (χ1v) is 8.90. The van der Waals surface area contributed by atoms with Crippen LogP contribution in [0, 0.1) is 0 Å². The molecule has 0 aliphatic carbocycles. The Hall–Kier alpha value is -3.72. The third-order valence-corrected chi connectivity index (χ3v) is 4.36. The minimum Gasteiger partial charge on any atom is -0.465 e. The summed E-state index contributed by atoms with van der Waals surface area (Å²) in [5.41, 5.74) is 4.14. The van der Waals surface area contributed by atoms with Crippen LogP contribution in [0.2, 0.25) is 0 Å². The Bertz CT molecular complexity index is 960. The van der Waals surface area contributed by atoms with Crippen molar-refractivity contribution in [3.8, 4) is 0 Å². The van der Waals surface area contributed by atoms with Crippen molar-refractivity contribution in [1.82, 2.24) is 0 Å². The Morgan fingerprint density at radius 1 is 0.714 bits per heavy atom. The molecular formula is C25H20O3. The van der Waals surface area contributed by atoms with Gasteiger partial charge in [-0.2, -0.15) is 0 Å². The molecule has 3 nitrogen and oxygen atoms in total. The molecule has 0 atom stereocenters. The average Bonchev–Trinajstić information content (AvgIpc) is 2.78. The van der Waals surface area contributed by atoms with Gasteiger partial charge in [-0.25, -0.2) is 4.79 Å². The molecular weight excluding hydrogens is 348 g/mol. The van der Waals surface area contributed by atoms with Crippen molar-refractivity contribution in [1.29, 1.82) is 0 Å². The van der Waals surface area contributed by atoms with Crippen molar-refractivity contribution >= 4 is 23.4 Å². The number of carbonyl (C=O) groups excluding carboxylic acids is 2. The van der Waals surface area contributed by atoms with Crippen LogP contribution in [-0.4, -0.2) is 19.4 Å². The molecule has 0 aromatic heterocycles. The highest BCUT2D eigenvalue weighted by Gasteiger charge is 2.17. The van der Waals surface area contributed by atoms with E-state index in [1.165, 1.54) is 7.11 Å². The van der Waals surface area contributed by atoms with Crippen LogP contribution in [-0.2, 0) is 14.3 Å². The maximum atomic E-state index is 12.3. The van der Waals surface area contributed by atoms with E-state index in [2.05, 4.69) is 0 Å². The van der Waals surface area contributed by atoms with Gasteiger partial charge in [-0.15, -0.1) is 0 Å². The van der Waals surface area contributed by atoms with Crippen LogP contribution in [0.4, 0.5) is 0 Å². The molecule has 0 saturated carbocycles.